The topological polar surface area (TPSA) is 72.3 Å². The molecule has 0 bridgehead atoms. The van der Waals surface area contributed by atoms with Crippen LogP contribution < -0.4 is 5.73 Å². The second-order valence-corrected chi connectivity index (χ2v) is 3.81. The Hall–Kier alpha value is -1.10. The fourth-order valence-corrected chi connectivity index (χ4v) is 1.49. The van der Waals surface area contributed by atoms with Crippen molar-refractivity contribution in [3.8, 4) is 0 Å². The molecular weight excluding hydrogens is 216 g/mol. The number of halogens is 1. The number of rotatable bonds is 2. The van der Waals surface area contributed by atoms with Gasteiger partial charge in [-0.3, -0.25) is 0 Å². The van der Waals surface area contributed by atoms with Gasteiger partial charge in [-0.05, 0) is 19.1 Å². The van der Waals surface area contributed by atoms with Gasteiger partial charge in [0.2, 0.25) is 5.89 Å². The van der Waals surface area contributed by atoms with E-state index in [1.54, 1.807) is 25.1 Å². The molecule has 2 unspecified atom stereocenters. The molecule has 0 amide bonds. The fraction of sp³-hybridized carbons (Fsp3) is 0.300. The number of fused-ring (bicyclic) bond motifs is 1. The SMILES string of the molecule is CC(O)C(N)c1nc2cccc(Cl)c2o1. The van der Waals surface area contributed by atoms with Gasteiger partial charge in [-0.1, -0.05) is 17.7 Å². The van der Waals surface area contributed by atoms with E-state index in [0.29, 0.717) is 22.0 Å². The van der Waals surface area contributed by atoms with Crippen molar-refractivity contribution in [2.45, 2.75) is 19.1 Å². The van der Waals surface area contributed by atoms with E-state index in [9.17, 15) is 5.11 Å². The Morgan fingerprint density at radius 1 is 1.53 bits per heavy atom. The maximum Gasteiger partial charge on any atom is 0.215 e. The first kappa shape index (κ1) is 10.4. The molecule has 0 fully saturated rings. The first-order valence-corrected chi connectivity index (χ1v) is 4.96. The van der Waals surface area contributed by atoms with Gasteiger partial charge in [0.1, 0.15) is 11.6 Å². The Morgan fingerprint density at radius 2 is 2.27 bits per heavy atom. The first-order valence-electron chi connectivity index (χ1n) is 4.58. The highest BCUT2D eigenvalue weighted by Gasteiger charge is 2.19. The van der Waals surface area contributed by atoms with Crippen molar-refractivity contribution < 1.29 is 9.52 Å². The first-order chi connectivity index (χ1) is 7.09. The molecule has 0 aliphatic heterocycles. The molecule has 80 valence electrons. The number of aromatic nitrogens is 1. The molecular formula is C10H11ClN2O2. The zero-order valence-electron chi connectivity index (χ0n) is 8.14. The number of nitrogens with two attached hydrogens (primary N) is 1. The van der Waals surface area contributed by atoms with E-state index in [0.717, 1.165) is 0 Å². The second-order valence-electron chi connectivity index (χ2n) is 3.41. The van der Waals surface area contributed by atoms with Gasteiger partial charge in [-0.2, -0.15) is 0 Å². The lowest BCUT2D eigenvalue weighted by molar-refractivity contribution is 0.152. The van der Waals surface area contributed by atoms with Crippen LogP contribution in [0.15, 0.2) is 22.6 Å². The number of oxazole rings is 1. The van der Waals surface area contributed by atoms with Crippen LogP contribution in [0, 0.1) is 0 Å². The average Bonchev–Trinajstić information content (AvgIpc) is 2.61. The molecule has 5 heteroatoms. The lowest BCUT2D eigenvalue weighted by atomic mass is 10.2. The normalized spacial score (nSPS) is 15.5. The van der Waals surface area contributed by atoms with E-state index < -0.39 is 12.1 Å². The Labute approximate surface area is 91.7 Å². The number of nitrogens with zero attached hydrogens (tertiary/aromatic N) is 1. The number of benzene rings is 1. The summed E-state index contributed by atoms with van der Waals surface area (Å²) in [4.78, 5) is 4.16. The third kappa shape index (κ3) is 1.84. The molecule has 0 saturated heterocycles. The highest BCUT2D eigenvalue weighted by atomic mass is 35.5. The van der Waals surface area contributed by atoms with Gasteiger partial charge in [0.25, 0.3) is 0 Å². The van der Waals surface area contributed by atoms with E-state index in [2.05, 4.69) is 4.98 Å². The molecule has 1 aromatic heterocycles. The van der Waals surface area contributed by atoms with Crippen molar-refractivity contribution in [1.29, 1.82) is 0 Å². The third-order valence-electron chi connectivity index (χ3n) is 2.19. The summed E-state index contributed by atoms with van der Waals surface area (Å²) in [6, 6.07) is 4.65. The number of hydrogen-bond acceptors (Lipinski definition) is 4. The summed E-state index contributed by atoms with van der Waals surface area (Å²) in [7, 11) is 0. The molecule has 4 nitrogen and oxygen atoms in total. The molecule has 2 rings (SSSR count). The lowest BCUT2D eigenvalue weighted by Gasteiger charge is -2.09. The predicted octanol–water partition coefficient (Wildman–Crippen LogP) is 1.86. The monoisotopic (exact) mass is 226 g/mol. The van der Waals surface area contributed by atoms with Crippen molar-refractivity contribution in [3.05, 3.63) is 29.1 Å². The molecule has 1 heterocycles. The Balaban J connectivity index is 2.52. The number of aliphatic hydroxyl groups is 1. The summed E-state index contributed by atoms with van der Waals surface area (Å²) in [5, 5.41) is 9.80. The summed E-state index contributed by atoms with van der Waals surface area (Å²) in [5.74, 6) is 0.299. The highest BCUT2D eigenvalue weighted by molar-refractivity contribution is 6.34. The van der Waals surface area contributed by atoms with Gasteiger partial charge in [0.15, 0.2) is 5.58 Å². The van der Waals surface area contributed by atoms with Crippen molar-refractivity contribution in [1.82, 2.24) is 4.98 Å². The van der Waals surface area contributed by atoms with Crippen LogP contribution in [0.4, 0.5) is 0 Å². The van der Waals surface area contributed by atoms with Crippen LogP contribution in [0.2, 0.25) is 5.02 Å². The minimum atomic E-state index is -0.711. The van der Waals surface area contributed by atoms with Crippen LogP contribution in [0.25, 0.3) is 11.1 Å². The van der Waals surface area contributed by atoms with E-state index in [-0.39, 0.29) is 0 Å². The van der Waals surface area contributed by atoms with Crippen LogP contribution in [0.5, 0.6) is 0 Å². The maximum atomic E-state index is 9.31. The quantitative estimate of drug-likeness (QED) is 0.820. The number of aliphatic hydroxyl groups excluding tert-OH is 1. The number of hydrogen-bond donors (Lipinski definition) is 2. The molecule has 1 aromatic carbocycles. The molecule has 0 saturated carbocycles. The van der Waals surface area contributed by atoms with E-state index in [4.69, 9.17) is 21.8 Å². The molecule has 0 spiro atoms. The van der Waals surface area contributed by atoms with E-state index in [1.165, 1.54) is 0 Å². The number of para-hydroxylation sites is 1. The fourth-order valence-electron chi connectivity index (χ4n) is 1.28. The molecule has 15 heavy (non-hydrogen) atoms. The molecule has 0 radical (unpaired) electrons. The van der Waals surface area contributed by atoms with Crippen LogP contribution in [0.3, 0.4) is 0 Å². The summed E-state index contributed by atoms with van der Waals surface area (Å²) in [6.07, 6.45) is -0.711. The molecule has 2 atom stereocenters. The summed E-state index contributed by atoms with van der Waals surface area (Å²) in [5.41, 5.74) is 6.85. The largest absolute Gasteiger partial charge is 0.437 e. The van der Waals surface area contributed by atoms with Gasteiger partial charge in [-0.15, -0.1) is 0 Å². The van der Waals surface area contributed by atoms with Crippen LogP contribution >= 0.6 is 11.6 Å². The van der Waals surface area contributed by atoms with Crippen LogP contribution in [-0.4, -0.2) is 16.2 Å². The van der Waals surface area contributed by atoms with Gasteiger partial charge >= 0.3 is 0 Å². The summed E-state index contributed by atoms with van der Waals surface area (Å²) in [6.45, 7) is 1.58. The molecule has 0 aliphatic carbocycles. The minimum absolute atomic E-state index is 0.299. The second kappa shape index (κ2) is 3.81. The summed E-state index contributed by atoms with van der Waals surface area (Å²) < 4.78 is 5.39. The van der Waals surface area contributed by atoms with Crippen molar-refractivity contribution in [2.75, 3.05) is 0 Å². The lowest BCUT2D eigenvalue weighted by Crippen LogP contribution is -2.23. The zero-order valence-corrected chi connectivity index (χ0v) is 8.90. The molecule has 3 N–H and O–H groups in total. The Bertz CT molecular complexity index is 481. The van der Waals surface area contributed by atoms with E-state index >= 15 is 0 Å². The van der Waals surface area contributed by atoms with E-state index in [1.807, 2.05) is 0 Å². The van der Waals surface area contributed by atoms with Crippen molar-refractivity contribution in [2.24, 2.45) is 5.73 Å². The smallest absolute Gasteiger partial charge is 0.215 e. The third-order valence-corrected chi connectivity index (χ3v) is 2.49. The standard InChI is InChI=1S/C10H11ClN2O2/c1-5(14)8(12)10-13-7-4-2-3-6(11)9(7)15-10/h2-5,8,14H,12H2,1H3. The molecule has 0 aliphatic rings. The highest BCUT2D eigenvalue weighted by Crippen LogP contribution is 2.26. The van der Waals surface area contributed by atoms with Crippen molar-refractivity contribution >= 4 is 22.7 Å². The Morgan fingerprint density at radius 3 is 2.87 bits per heavy atom. The van der Waals surface area contributed by atoms with Crippen LogP contribution in [0.1, 0.15) is 18.9 Å². The van der Waals surface area contributed by atoms with Crippen LogP contribution in [-0.2, 0) is 0 Å². The van der Waals surface area contributed by atoms with Gasteiger partial charge < -0.3 is 15.3 Å². The zero-order chi connectivity index (χ0) is 11.0. The van der Waals surface area contributed by atoms with Gasteiger partial charge in [0.05, 0.1) is 11.1 Å². The van der Waals surface area contributed by atoms with Gasteiger partial charge in [0, 0.05) is 0 Å². The average molecular weight is 227 g/mol. The minimum Gasteiger partial charge on any atom is -0.437 e. The predicted molar refractivity (Wildman–Crippen MR) is 57.6 cm³/mol. The maximum absolute atomic E-state index is 9.31. The van der Waals surface area contributed by atoms with Crippen molar-refractivity contribution in [3.63, 3.8) is 0 Å². The Kier molecular flexibility index (Phi) is 2.65. The van der Waals surface area contributed by atoms with Gasteiger partial charge in [-0.25, -0.2) is 4.98 Å². The summed E-state index contributed by atoms with van der Waals surface area (Å²) >= 11 is 5.92. The molecule has 2 aromatic rings.